The summed E-state index contributed by atoms with van der Waals surface area (Å²) in [7, 11) is 3.64. The van der Waals surface area contributed by atoms with E-state index in [9.17, 15) is 18.0 Å². The molecule has 3 N–H and O–H groups in total. The Kier molecular flexibility index (Phi) is 8.16. The van der Waals surface area contributed by atoms with Crippen LogP contribution in [-0.2, 0) is 11.0 Å². The molecule has 1 saturated heterocycles. The topological polar surface area (TPSA) is 91.4 Å². The summed E-state index contributed by atoms with van der Waals surface area (Å²) in [6.07, 6.45) is -0.786. The Bertz CT molecular complexity index is 1310. The molecule has 2 aromatic carbocycles. The van der Waals surface area contributed by atoms with Crippen molar-refractivity contribution in [3.63, 3.8) is 0 Å². The lowest BCUT2D eigenvalue weighted by Gasteiger charge is -2.29. The van der Waals surface area contributed by atoms with Gasteiger partial charge in [-0.2, -0.15) is 18.2 Å². The Morgan fingerprint density at radius 3 is 2.55 bits per heavy atom. The fourth-order valence-corrected chi connectivity index (χ4v) is 4.28. The van der Waals surface area contributed by atoms with Crippen molar-refractivity contribution in [3.05, 3.63) is 72.4 Å². The Balaban J connectivity index is 1.59. The van der Waals surface area contributed by atoms with Crippen LogP contribution in [0.2, 0.25) is 0 Å². The summed E-state index contributed by atoms with van der Waals surface area (Å²) < 4.78 is 46.8. The number of nitrogens with zero attached hydrogens (tertiary/aromatic N) is 3. The molecule has 0 radical (unpaired) electrons. The Morgan fingerprint density at radius 2 is 1.87 bits per heavy atom. The van der Waals surface area contributed by atoms with Crippen molar-refractivity contribution >= 4 is 34.7 Å². The van der Waals surface area contributed by atoms with Gasteiger partial charge in [-0.1, -0.05) is 18.7 Å². The van der Waals surface area contributed by atoms with Gasteiger partial charge in [0.25, 0.3) is 0 Å². The number of carbonyl (C=O) groups is 1. The van der Waals surface area contributed by atoms with Gasteiger partial charge in [0, 0.05) is 17.6 Å². The number of methoxy groups -OCH3 is 1. The SMILES string of the molecule is C=CC(=O)Nc1cccc(Nc2nc(Nc3ccc(C4CCN(C)CC4)cc3OC)ncc2C(F)(F)F)c1. The van der Waals surface area contributed by atoms with Crippen molar-refractivity contribution in [2.24, 2.45) is 0 Å². The van der Waals surface area contributed by atoms with E-state index in [4.69, 9.17) is 4.74 Å². The first kappa shape index (κ1) is 26.9. The second-order valence-electron chi connectivity index (χ2n) is 9.02. The largest absolute Gasteiger partial charge is 0.495 e. The van der Waals surface area contributed by atoms with Crippen molar-refractivity contribution in [2.45, 2.75) is 24.9 Å². The normalized spacial score (nSPS) is 14.6. The number of carbonyl (C=O) groups excluding carboxylic acids is 1. The van der Waals surface area contributed by atoms with Crippen LogP contribution in [0.4, 0.5) is 42.0 Å². The molecule has 0 bridgehead atoms. The van der Waals surface area contributed by atoms with Crippen molar-refractivity contribution in [3.8, 4) is 5.75 Å². The average molecular weight is 527 g/mol. The number of piperidine rings is 1. The first-order chi connectivity index (χ1) is 18.2. The fraction of sp³-hybridized carbons (Fsp3) is 0.296. The van der Waals surface area contributed by atoms with Crippen molar-refractivity contribution in [2.75, 3.05) is 43.2 Å². The van der Waals surface area contributed by atoms with Crippen molar-refractivity contribution in [1.82, 2.24) is 14.9 Å². The number of hydrogen-bond acceptors (Lipinski definition) is 7. The summed E-state index contributed by atoms with van der Waals surface area (Å²) in [5.74, 6) is 0.0397. The molecule has 2 heterocycles. The molecule has 1 fully saturated rings. The molecule has 8 nitrogen and oxygen atoms in total. The molecule has 1 aromatic heterocycles. The minimum absolute atomic E-state index is 0.0399. The highest BCUT2D eigenvalue weighted by Gasteiger charge is 2.35. The van der Waals surface area contributed by atoms with E-state index in [1.807, 2.05) is 18.2 Å². The Labute approximate surface area is 218 Å². The number of nitrogens with one attached hydrogen (secondary N) is 3. The van der Waals surface area contributed by atoms with Gasteiger partial charge >= 0.3 is 6.18 Å². The van der Waals surface area contributed by atoms with Gasteiger partial charge < -0.3 is 25.6 Å². The number of ether oxygens (including phenoxy) is 1. The van der Waals surface area contributed by atoms with Gasteiger partial charge in [0.15, 0.2) is 0 Å². The van der Waals surface area contributed by atoms with Gasteiger partial charge in [-0.3, -0.25) is 4.79 Å². The van der Waals surface area contributed by atoms with E-state index in [-0.39, 0.29) is 5.95 Å². The maximum Gasteiger partial charge on any atom is 0.421 e. The lowest BCUT2D eigenvalue weighted by molar-refractivity contribution is -0.137. The van der Waals surface area contributed by atoms with Crippen LogP contribution in [0.15, 0.2) is 61.3 Å². The number of amides is 1. The number of rotatable bonds is 8. The van der Waals surface area contributed by atoms with Crippen LogP contribution in [-0.4, -0.2) is 48.0 Å². The molecular formula is C27H29F3N6O2. The van der Waals surface area contributed by atoms with Crippen LogP contribution < -0.4 is 20.7 Å². The number of likely N-dealkylation sites (tertiary alicyclic amines) is 1. The molecule has 38 heavy (non-hydrogen) atoms. The number of anilines is 5. The zero-order valence-corrected chi connectivity index (χ0v) is 21.1. The van der Waals surface area contributed by atoms with Gasteiger partial charge in [0.1, 0.15) is 17.1 Å². The molecular weight excluding hydrogens is 497 g/mol. The van der Waals surface area contributed by atoms with E-state index >= 15 is 0 Å². The maximum atomic E-state index is 13.7. The molecule has 200 valence electrons. The van der Waals surface area contributed by atoms with E-state index in [1.165, 1.54) is 13.2 Å². The number of alkyl halides is 3. The highest BCUT2D eigenvalue weighted by atomic mass is 19.4. The maximum absolute atomic E-state index is 13.7. The molecule has 1 aliphatic rings. The van der Waals surface area contributed by atoms with Gasteiger partial charge in [-0.15, -0.1) is 0 Å². The first-order valence-electron chi connectivity index (χ1n) is 12.0. The molecule has 3 aromatic rings. The second-order valence-corrected chi connectivity index (χ2v) is 9.02. The number of halogens is 3. The number of benzene rings is 2. The summed E-state index contributed by atoms with van der Waals surface area (Å²) in [4.78, 5) is 21.9. The molecule has 1 aliphatic heterocycles. The molecule has 4 rings (SSSR count). The predicted molar refractivity (Wildman–Crippen MR) is 141 cm³/mol. The predicted octanol–water partition coefficient (Wildman–Crippen LogP) is 5.92. The third kappa shape index (κ3) is 6.60. The third-order valence-electron chi connectivity index (χ3n) is 6.33. The smallest absolute Gasteiger partial charge is 0.421 e. The summed E-state index contributed by atoms with van der Waals surface area (Å²) in [5, 5.41) is 8.25. The Morgan fingerprint density at radius 1 is 1.13 bits per heavy atom. The molecule has 11 heteroatoms. The van der Waals surface area contributed by atoms with Crippen molar-refractivity contribution in [1.29, 1.82) is 0 Å². The van der Waals surface area contributed by atoms with Gasteiger partial charge in [-0.05, 0) is 80.9 Å². The van der Waals surface area contributed by atoms with Crippen LogP contribution in [0.5, 0.6) is 5.75 Å². The molecule has 0 saturated carbocycles. The molecule has 0 aliphatic carbocycles. The van der Waals surface area contributed by atoms with Crippen LogP contribution >= 0.6 is 0 Å². The highest BCUT2D eigenvalue weighted by Crippen LogP contribution is 2.37. The van der Waals surface area contributed by atoms with Crippen LogP contribution in [0.25, 0.3) is 0 Å². The van der Waals surface area contributed by atoms with Crippen LogP contribution in [0.3, 0.4) is 0 Å². The second kappa shape index (κ2) is 11.5. The minimum Gasteiger partial charge on any atom is -0.495 e. The van der Waals surface area contributed by atoms with E-state index in [0.29, 0.717) is 28.7 Å². The summed E-state index contributed by atoms with van der Waals surface area (Å²) in [5.41, 5.74) is 1.33. The van der Waals surface area contributed by atoms with Crippen LogP contribution in [0.1, 0.15) is 29.9 Å². The van der Waals surface area contributed by atoms with Gasteiger partial charge in [0.2, 0.25) is 11.9 Å². The summed E-state index contributed by atoms with van der Waals surface area (Å²) in [6.45, 7) is 5.42. The number of hydrogen-bond donors (Lipinski definition) is 3. The highest BCUT2D eigenvalue weighted by molar-refractivity contribution is 5.99. The standard InChI is InChI=1S/C27H29F3N6O2/c1-4-24(37)32-19-6-5-7-20(15-19)33-25-21(27(28,29)30)16-31-26(35-25)34-22-9-8-18(14-23(22)38-3)17-10-12-36(2)13-11-17/h4-9,14-17H,1,10-13H2,2-3H3,(H,32,37)(H2,31,33,34,35). The molecule has 0 atom stereocenters. The minimum atomic E-state index is -4.69. The zero-order valence-electron chi connectivity index (χ0n) is 21.1. The van der Waals surface area contributed by atoms with E-state index in [0.717, 1.165) is 43.8 Å². The van der Waals surface area contributed by atoms with E-state index in [2.05, 4.69) is 44.4 Å². The monoisotopic (exact) mass is 526 g/mol. The van der Waals surface area contributed by atoms with Crippen LogP contribution in [0, 0.1) is 0 Å². The first-order valence-corrected chi connectivity index (χ1v) is 12.0. The average Bonchev–Trinajstić information content (AvgIpc) is 2.89. The quantitative estimate of drug-likeness (QED) is 0.314. The van der Waals surface area contributed by atoms with Gasteiger partial charge in [-0.25, -0.2) is 4.98 Å². The summed E-state index contributed by atoms with van der Waals surface area (Å²) >= 11 is 0. The number of aromatic nitrogens is 2. The van der Waals surface area contributed by atoms with E-state index in [1.54, 1.807) is 18.2 Å². The lowest BCUT2D eigenvalue weighted by atomic mass is 9.89. The zero-order chi connectivity index (χ0) is 27.3. The Hall–Kier alpha value is -4.12. The molecule has 1 amide bonds. The fourth-order valence-electron chi connectivity index (χ4n) is 4.28. The van der Waals surface area contributed by atoms with E-state index < -0.39 is 23.5 Å². The lowest BCUT2D eigenvalue weighted by Crippen LogP contribution is -2.29. The summed E-state index contributed by atoms with van der Waals surface area (Å²) in [6, 6.07) is 12.0. The van der Waals surface area contributed by atoms with Crippen molar-refractivity contribution < 1.29 is 22.7 Å². The molecule has 0 unspecified atom stereocenters. The van der Waals surface area contributed by atoms with Gasteiger partial charge in [0.05, 0.1) is 12.8 Å². The third-order valence-corrected chi connectivity index (χ3v) is 6.33. The molecule has 0 spiro atoms.